The quantitative estimate of drug-likeness (QED) is 0.766. The van der Waals surface area contributed by atoms with Gasteiger partial charge in [-0.2, -0.15) is 0 Å². The molecule has 2 rings (SSSR count). The molecule has 3 N–H and O–H groups in total. The molecule has 5 heteroatoms. The summed E-state index contributed by atoms with van der Waals surface area (Å²) in [4.78, 5) is 11.8. The Labute approximate surface area is 129 Å². The molecule has 2 aromatic carbocycles. The first kappa shape index (κ1) is 16.0. The van der Waals surface area contributed by atoms with Crippen molar-refractivity contribution < 1.29 is 14.3 Å². The minimum Gasteiger partial charge on any atom is -0.394 e. The maximum Gasteiger partial charge on any atom is 0.315 e. The number of rotatable bonds is 6. The maximum atomic E-state index is 13.4. The summed E-state index contributed by atoms with van der Waals surface area (Å²) in [5.41, 5.74) is 1.44. The van der Waals surface area contributed by atoms with E-state index < -0.39 is 6.03 Å². The highest BCUT2D eigenvalue weighted by atomic mass is 19.1. The van der Waals surface area contributed by atoms with Crippen LogP contribution >= 0.6 is 0 Å². The Bertz CT molecular complexity index is 605. The molecule has 0 radical (unpaired) electrons. The van der Waals surface area contributed by atoms with Crippen molar-refractivity contribution in [1.29, 1.82) is 0 Å². The summed E-state index contributed by atoms with van der Waals surface area (Å²) in [6.45, 7) is -0.0655. The second kappa shape index (κ2) is 8.14. The summed E-state index contributed by atoms with van der Waals surface area (Å²) in [5.74, 6) is -0.356. The molecule has 0 spiro atoms. The predicted octanol–water partition coefficient (Wildman–Crippen LogP) is 2.23. The Balaban J connectivity index is 1.83. The van der Waals surface area contributed by atoms with Gasteiger partial charge in [-0.3, -0.25) is 0 Å². The zero-order chi connectivity index (χ0) is 15.8. The standard InChI is InChI=1S/C17H19FN2O2/c18-16-9-5-4-8-14(16)11-19-17(22)20-15(12-21)10-13-6-2-1-3-7-13/h1-9,15,21H,10-12H2,(H2,19,20,22). The molecule has 22 heavy (non-hydrogen) atoms. The Morgan fingerprint density at radius 2 is 1.77 bits per heavy atom. The van der Waals surface area contributed by atoms with Crippen molar-refractivity contribution in [2.75, 3.05) is 6.61 Å². The lowest BCUT2D eigenvalue weighted by Crippen LogP contribution is -2.44. The van der Waals surface area contributed by atoms with Crippen molar-refractivity contribution >= 4 is 6.03 Å². The highest BCUT2D eigenvalue weighted by Gasteiger charge is 2.12. The maximum absolute atomic E-state index is 13.4. The van der Waals surface area contributed by atoms with E-state index in [1.165, 1.54) is 6.07 Å². The molecule has 1 atom stereocenters. The summed E-state index contributed by atoms with van der Waals surface area (Å²) in [7, 11) is 0. The molecule has 116 valence electrons. The van der Waals surface area contributed by atoms with Crippen molar-refractivity contribution in [3.05, 3.63) is 71.5 Å². The van der Waals surface area contributed by atoms with Gasteiger partial charge in [0, 0.05) is 12.1 Å². The number of halogens is 1. The molecule has 0 fully saturated rings. The fourth-order valence-electron chi connectivity index (χ4n) is 2.11. The second-order valence-electron chi connectivity index (χ2n) is 4.99. The zero-order valence-electron chi connectivity index (χ0n) is 12.1. The van der Waals surface area contributed by atoms with Crippen LogP contribution in [0.5, 0.6) is 0 Å². The topological polar surface area (TPSA) is 61.4 Å². The smallest absolute Gasteiger partial charge is 0.315 e. The van der Waals surface area contributed by atoms with E-state index in [1.807, 2.05) is 30.3 Å². The Hall–Kier alpha value is -2.40. The van der Waals surface area contributed by atoms with E-state index in [-0.39, 0.29) is 25.0 Å². The van der Waals surface area contributed by atoms with E-state index in [1.54, 1.807) is 18.2 Å². The molecule has 0 heterocycles. The van der Waals surface area contributed by atoms with Crippen molar-refractivity contribution in [3.8, 4) is 0 Å². The van der Waals surface area contributed by atoms with Crippen LogP contribution < -0.4 is 10.6 Å². The third kappa shape index (κ3) is 4.86. The zero-order valence-corrected chi connectivity index (χ0v) is 12.1. The van der Waals surface area contributed by atoms with Crippen LogP contribution in [0.4, 0.5) is 9.18 Å². The van der Waals surface area contributed by atoms with Crippen molar-refractivity contribution in [2.24, 2.45) is 0 Å². The van der Waals surface area contributed by atoms with Crippen LogP contribution in [0.2, 0.25) is 0 Å². The van der Waals surface area contributed by atoms with Gasteiger partial charge in [0.15, 0.2) is 0 Å². The number of hydrogen-bond acceptors (Lipinski definition) is 2. The van der Waals surface area contributed by atoms with Crippen LogP contribution in [0.3, 0.4) is 0 Å². The lowest BCUT2D eigenvalue weighted by molar-refractivity contribution is 0.215. The van der Waals surface area contributed by atoms with Crippen LogP contribution in [-0.4, -0.2) is 23.8 Å². The largest absolute Gasteiger partial charge is 0.394 e. The molecule has 0 bridgehead atoms. The summed E-state index contributed by atoms with van der Waals surface area (Å²) < 4.78 is 13.4. The first-order valence-corrected chi connectivity index (χ1v) is 7.11. The highest BCUT2D eigenvalue weighted by Crippen LogP contribution is 2.06. The molecule has 0 aliphatic rings. The molecular formula is C17H19FN2O2. The number of aliphatic hydroxyl groups is 1. The number of nitrogens with one attached hydrogen (secondary N) is 2. The molecule has 0 aromatic heterocycles. The monoisotopic (exact) mass is 302 g/mol. The first-order valence-electron chi connectivity index (χ1n) is 7.11. The van der Waals surface area contributed by atoms with Gasteiger partial charge in [-0.1, -0.05) is 48.5 Å². The summed E-state index contributed by atoms with van der Waals surface area (Å²) in [6, 6.07) is 15.0. The Morgan fingerprint density at radius 3 is 2.45 bits per heavy atom. The highest BCUT2D eigenvalue weighted by molar-refractivity contribution is 5.74. The Kier molecular flexibility index (Phi) is 5.91. The van der Waals surface area contributed by atoms with Gasteiger partial charge < -0.3 is 15.7 Å². The number of amides is 2. The predicted molar refractivity (Wildman–Crippen MR) is 82.8 cm³/mol. The minimum atomic E-state index is -0.432. The molecule has 2 amide bonds. The number of carbonyl (C=O) groups is 1. The third-order valence-corrected chi connectivity index (χ3v) is 3.28. The van der Waals surface area contributed by atoms with E-state index in [0.717, 1.165) is 5.56 Å². The lowest BCUT2D eigenvalue weighted by Gasteiger charge is -2.17. The lowest BCUT2D eigenvalue weighted by atomic mass is 10.1. The van der Waals surface area contributed by atoms with E-state index in [9.17, 15) is 14.3 Å². The van der Waals surface area contributed by atoms with Crippen LogP contribution in [0.15, 0.2) is 54.6 Å². The van der Waals surface area contributed by atoms with Crippen LogP contribution in [0.1, 0.15) is 11.1 Å². The molecule has 0 saturated heterocycles. The third-order valence-electron chi connectivity index (χ3n) is 3.28. The van der Waals surface area contributed by atoms with Crippen molar-refractivity contribution in [1.82, 2.24) is 10.6 Å². The van der Waals surface area contributed by atoms with Gasteiger partial charge in [-0.15, -0.1) is 0 Å². The SMILES string of the molecule is O=C(NCc1ccccc1F)NC(CO)Cc1ccccc1. The summed E-state index contributed by atoms with van der Waals surface area (Å²) in [5, 5.41) is 14.6. The number of benzene rings is 2. The van der Waals surface area contributed by atoms with E-state index in [0.29, 0.717) is 12.0 Å². The molecule has 0 aliphatic heterocycles. The Morgan fingerprint density at radius 1 is 1.09 bits per heavy atom. The average molecular weight is 302 g/mol. The van der Waals surface area contributed by atoms with Crippen LogP contribution in [-0.2, 0) is 13.0 Å². The van der Waals surface area contributed by atoms with Crippen LogP contribution in [0, 0.1) is 5.82 Å². The first-order chi connectivity index (χ1) is 10.7. The summed E-state index contributed by atoms with van der Waals surface area (Å²) in [6.07, 6.45) is 0.532. The van der Waals surface area contributed by atoms with E-state index in [4.69, 9.17) is 0 Å². The van der Waals surface area contributed by atoms with Crippen molar-refractivity contribution in [2.45, 2.75) is 19.0 Å². The fraction of sp³-hybridized carbons (Fsp3) is 0.235. The van der Waals surface area contributed by atoms with Gasteiger partial charge in [0.25, 0.3) is 0 Å². The molecule has 2 aromatic rings. The van der Waals surface area contributed by atoms with E-state index >= 15 is 0 Å². The fourth-order valence-corrected chi connectivity index (χ4v) is 2.11. The molecule has 1 unspecified atom stereocenters. The molecular weight excluding hydrogens is 283 g/mol. The normalized spacial score (nSPS) is 11.7. The second-order valence-corrected chi connectivity index (χ2v) is 4.99. The number of aliphatic hydroxyl groups excluding tert-OH is 1. The molecule has 4 nitrogen and oxygen atoms in total. The van der Waals surface area contributed by atoms with Crippen molar-refractivity contribution in [3.63, 3.8) is 0 Å². The van der Waals surface area contributed by atoms with Gasteiger partial charge in [-0.05, 0) is 18.1 Å². The molecule has 0 saturated carbocycles. The van der Waals surface area contributed by atoms with E-state index in [2.05, 4.69) is 10.6 Å². The van der Waals surface area contributed by atoms with Gasteiger partial charge in [0.1, 0.15) is 5.82 Å². The summed E-state index contributed by atoms with van der Waals surface area (Å²) >= 11 is 0. The number of urea groups is 1. The van der Waals surface area contributed by atoms with Gasteiger partial charge in [-0.25, -0.2) is 9.18 Å². The minimum absolute atomic E-state index is 0.0992. The van der Waals surface area contributed by atoms with Gasteiger partial charge >= 0.3 is 6.03 Å². The van der Waals surface area contributed by atoms with Gasteiger partial charge in [0.2, 0.25) is 0 Å². The number of carbonyl (C=O) groups excluding carboxylic acids is 1. The average Bonchev–Trinajstić information content (AvgIpc) is 2.54. The van der Waals surface area contributed by atoms with Crippen LogP contribution in [0.25, 0.3) is 0 Å². The number of hydrogen-bond donors (Lipinski definition) is 3. The molecule has 0 aliphatic carbocycles. The van der Waals surface area contributed by atoms with Gasteiger partial charge in [0.05, 0.1) is 12.6 Å².